The van der Waals surface area contributed by atoms with Crippen LogP contribution in [0.1, 0.15) is 0 Å². The third-order valence-electron chi connectivity index (χ3n) is 14.1. The Hall–Kier alpha value is -7.89. The molecule has 0 amide bonds. The molecule has 12 aromatic rings. The van der Waals surface area contributed by atoms with Gasteiger partial charge in [0.15, 0.2) is 17.5 Å². The van der Waals surface area contributed by atoms with Crippen molar-refractivity contribution in [3.8, 4) is 67.5 Å². The van der Waals surface area contributed by atoms with Crippen LogP contribution in [-0.4, -0.2) is 54.2 Å². The average Bonchev–Trinajstić information content (AvgIpc) is 3.74. The molecule has 2 aromatic heterocycles. The number of rotatable bonds is 6. The van der Waals surface area contributed by atoms with Gasteiger partial charge in [-0.3, -0.25) is 0 Å². The first-order valence-corrected chi connectivity index (χ1v) is 22.7. The van der Waals surface area contributed by atoms with Gasteiger partial charge in [-0.15, -0.1) is 16.4 Å². The van der Waals surface area contributed by atoms with Gasteiger partial charge in [0.05, 0.1) is 0 Å². The van der Waals surface area contributed by atoms with E-state index in [9.17, 15) is 0 Å². The molecule has 12 rings (SSSR count). The van der Waals surface area contributed by atoms with Gasteiger partial charge in [-0.05, 0) is 108 Å². The predicted octanol–water partition coefficient (Wildman–Crippen LogP) is 6.52. The zero-order valence-corrected chi connectivity index (χ0v) is 37.6. The summed E-state index contributed by atoms with van der Waals surface area (Å²) in [7, 11) is 11.0. The number of para-hydroxylation sites is 1. The molecule has 0 unspecified atom stereocenters. The van der Waals surface area contributed by atoms with E-state index in [-0.39, 0.29) is 0 Å². The molecule has 304 valence electrons. The van der Waals surface area contributed by atoms with Crippen LogP contribution in [0.25, 0.3) is 122 Å². The molecule has 9 heteroatoms. The summed E-state index contributed by atoms with van der Waals surface area (Å²) in [4.78, 5) is 16.0. The van der Waals surface area contributed by atoms with Gasteiger partial charge in [-0.25, -0.2) is 15.0 Å². The molecule has 10 aromatic carbocycles. The van der Waals surface area contributed by atoms with E-state index < -0.39 is 0 Å². The Morgan fingerprint density at radius 3 is 1.53 bits per heavy atom. The van der Waals surface area contributed by atoms with Gasteiger partial charge in [0, 0.05) is 27.5 Å². The normalized spacial score (nSPS) is 11.6. The molecule has 0 fully saturated rings. The quantitative estimate of drug-likeness (QED) is 0.179. The van der Waals surface area contributed by atoms with Crippen LogP contribution in [0.3, 0.4) is 0 Å². The fraction of sp³-hybridized carbons (Fsp3) is 0. The monoisotopic (exact) mass is 837 g/mol. The first kappa shape index (κ1) is 39.7. The first-order chi connectivity index (χ1) is 32.3. The molecule has 0 N–H and O–H groups in total. The van der Waals surface area contributed by atoms with Crippen LogP contribution in [0.5, 0.6) is 0 Å². The molecule has 0 saturated carbocycles. The van der Waals surface area contributed by atoms with Crippen molar-refractivity contribution in [3.05, 3.63) is 182 Å². The van der Waals surface area contributed by atoms with Crippen LogP contribution in [0, 0.1) is 0 Å². The summed E-state index contributed by atoms with van der Waals surface area (Å²) in [6.45, 7) is 0. The summed E-state index contributed by atoms with van der Waals surface area (Å²) in [5.41, 5.74) is 17.6. The van der Waals surface area contributed by atoms with Crippen molar-refractivity contribution in [1.82, 2.24) is 15.0 Å². The number of nitrogens with zero attached hydrogens (tertiary/aromatic N) is 3. The minimum Gasteiger partial charge on any atom is -0.456 e. The van der Waals surface area contributed by atoms with Crippen molar-refractivity contribution in [3.63, 3.8) is 0 Å². The Balaban J connectivity index is 1.06. The second-order valence-corrected chi connectivity index (χ2v) is 17.7. The summed E-state index contributed by atoms with van der Waals surface area (Å²) in [5.74, 6) is 1.95. The summed E-state index contributed by atoms with van der Waals surface area (Å²) < 4.78 is 6.44. The highest BCUT2D eigenvalue weighted by Gasteiger charge is 2.21. The minimum atomic E-state index is 0.624. The molecule has 0 aliphatic carbocycles. The van der Waals surface area contributed by atoms with Crippen LogP contribution in [0.15, 0.2) is 186 Å². The van der Waals surface area contributed by atoms with E-state index in [2.05, 4.69) is 209 Å². The predicted molar refractivity (Wildman–Crippen MR) is 293 cm³/mol. The lowest BCUT2D eigenvalue weighted by Crippen LogP contribution is -2.55. The number of hydrogen-bond donors (Lipinski definition) is 0. The lowest BCUT2D eigenvalue weighted by Gasteiger charge is -2.20. The molecule has 0 spiro atoms. The summed E-state index contributed by atoms with van der Waals surface area (Å²) in [6.07, 6.45) is 0. The summed E-state index contributed by atoms with van der Waals surface area (Å²) in [6, 6.07) is 65.2. The maximum absolute atomic E-state index is 6.44. The Morgan fingerprint density at radius 1 is 0.288 bits per heavy atom. The number of benzene rings is 10. The molecular formula is C57H40B5N3O. The van der Waals surface area contributed by atoms with Crippen molar-refractivity contribution in [2.45, 2.75) is 0 Å². The highest BCUT2D eigenvalue weighted by atomic mass is 16.3. The van der Waals surface area contributed by atoms with Crippen LogP contribution >= 0.6 is 0 Å². The summed E-state index contributed by atoms with van der Waals surface area (Å²) in [5, 5.41) is 9.37. The van der Waals surface area contributed by atoms with Gasteiger partial charge < -0.3 is 4.42 Å². The molecule has 0 saturated heterocycles. The molecule has 0 aliphatic heterocycles. The number of fused-ring (bicyclic) bond motifs is 6. The van der Waals surface area contributed by atoms with E-state index >= 15 is 0 Å². The molecule has 0 aliphatic rings. The summed E-state index contributed by atoms with van der Waals surface area (Å²) >= 11 is 0. The molecule has 0 radical (unpaired) electrons. The third-order valence-corrected chi connectivity index (χ3v) is 14.1. The standard InChI is InChI=1S/C57H40B5N3O/c58-50-49(51(59)53(61)54(62)52(50)60)57-64-55(39-21-16-31-8-1-2-10-33(31)28-39)63-56(65-57)40-23-24-43(38-22-25-45-44-13-5-6-15-47(44)66-48(45)30-38)46(29-40)37-20-18-34-26-36(19-17-35(34)27-37)42-14-7-11-32-9-3-4-12-41(32)42/h1-30H,58-62H2. The van der Waals surface area contributed by atoms with Crippen molar-refractivity contribution < 1.29 is 4.42 Å². The SMILES string of the molecule is Bc1c(B)c(B)c(-c2nc(-c3ccc(-c4ccc5c(c4)oc4ccccc45)c(-c4ccc5cc(-c6cccc7ccccc67)ccc5c4)c3)nc(-c3ccc4ccccc4c3)n2)c(B)c1B. The van der Waals surface area contributed by atoms with Crippen LogP contribution in [0.2, 0.25) is 0 Å². The van der Waals surface area contributed by atoms with Crippen molar-refractivity contribution >= 4 is 121 Å². The average molecular weight is 837 g/mol. The Kier molecular flexibility index (Phi) is 9.43. The van der Waals surface area contributed by atoms with E-state index in [1.165, 1.54) is 60.0 Å². The molecule has 2 heterocycles. The van der Waals surface area contributed by atoms with Gasteiger partial charge in [0.25, 0.3) is 0 Å². The molecular weight excluding hydrogens is 797 g/mol. The van der Waals surface area contributed by atoms with E-state index in [0.717, 1.165) is 71.7 Å². The fourth-order valence-corrected chi connectivity index (χ4v) is 10.0. The Bertz CT molecular complexity index is 3940. The van der Waals surface area contributed by atoms with Gasteiger partial charge in [0.2, 0.25) is 0 Å². The maximum Gasteiger partial charge on any atom is 0.164 e. The van der Waals surface area contributed by atoms with E-state index in [0.29, 0.717) is 17.5 Å². The zero-order chi connectivity index (χ0) is 44.6. The highest BCUT2D eigenvalue weighted by Crippen LogP contribution is 2.40. The van der Waals surface area contributed by atoms with Crippen molar-refractivity contribution in [2.75, 3.05) is 0 Å². The number of furan rings is 1. The molecule has 4 nitrogen and oxygen atoms in total. The molecule has 0 bridgehead atoms. The topological polar surface area (TPSA) is 51.8 Å². The van der Waals surface area contributed by atoms with Gasteiger partial charge in [0.1, 0.15) is 50.4 Å². The van der Waals surface area contributed by atoms with Crippen LogP contribution in [0.4, 0.5) is 0 Å². The second-order valence-electron chi connectivity index (χ2n) is 17.7. The van der Waals surface area contributed by atoms with E-state index in [1.54, 1.807) is 0 Å². The second kappa shape index (κ2) is 15.7. The smallest absolute Gasteiger partial charge is 0.164 e. The highest BCUT2D eigenvalue weighted by molar-refractivity contribution is 6.68. The largest absolute Gasteiger partial charge is 0.456 e. The Morgan fingerprint density at radius 2 is 0.773 bits per heavy atom. The number of aromatic nitrogens is 3. The van der Waals surface area contributed by atoms with Gasteiger partial charge in [-0.1, -0.05) is 150 Å². The van der Waals surface area contributed by atoms with E-state index in [1.807, 2.05) is 12.1 Å². The van der Waals surface area contributed by atoms with Crippen LogP contribution < -0.4 is 27.3 Å². The Labute approximate surface area is 387 Å². The number of hydrogen-bond acceptors (Lipinski definition) is 4. The van der Waals surface area contributed by atoms with Crippen LogP contribution in [-0.2, 0) is 0 Å². The molecule has 66 heavy (non-hydrogen) atoms. The lowest BCUT2D eigenvalue weighted by atomic mass is 9.60. The first-order valence-electron chi connectivity index (χ1n) is 22.7. The van der Waals surface area contributed by atoms with Crippen molar-refractivity contribution in [2.24, 2.45) is 0 Å². The lowest BCUT2D eigenvalue weighted by molar-refractivity contribution is 0.669. The van der Waals surface area contributed by atoms with Crippen molar-refractivity contribution in [1.29, 1.82) is 0 Å². The maximum atomic E-state index is 6.44. The minimum absolute atomic E-state index is 0.624. The molecule has 0 atom stereocenters. The van der Waals surface area contributed by atoms with Gasteiger partial charge in [-0.2, -0.15) is 0 Å². The third kappa shape index (κ3) is 6.65. The van der Waals surface area contributed by atoms with E-state index in [4.69, 9.17) is 19.4 Å². The zero-order valence-electron chi connectivity index (χ0n) is 37.6. The fourth-order valence-electron chi connectivity index (χ4n) is 10.0. The van der Waals surface area contributed by atoms with Gasteiger partial charge >= 0.3 is 0 Å².